The minimum Gasteiger partial charge on any atom is -0.464 e. The van der Waals surface area contributed by atoms with Gasteiger partial charge in [-0.2, -0.15) is 0 Å². The lowest BCUT2D eigenvalue weighted by Gasteiger charge is -2.38. The third kappa shape index (κ3) is 3.82. The fraction of sp³-hybridized carbons (Fsp3) is 0.214. The van der Waals surface area contributed by atoms with E-state index in [0.717, 1.165) is 15.4 Å². The summed E-state index contributed by atoms with van der Waals surface area (Å²) in [6.45, 7) is 3.60. The molecule has 2 unspecified atom stereocenters. The van der Waals surface area contributed by atoms with Crippen molar-refractivity contribution in [2.45, 2.75) is 30.2 Å². The predicted octanol–water partition coefficient (Wildman–Crippen LogP) is 4.81. The number of carbonyl (C=O) groups excluding carboxylic acids is 1. The van der Waals surface area contributed by atoms with Crippen LogP contribution >= 0.6 is 0 Å². The number of aryl methyl sites for hydroxylation is 1. The first-order valence-corrected chi connectivity index (χ1v) is 13.1. The molecule has 184 valence electrons. The van der Waals surface area contributed by atoms with E-state index in [-0.39, 0.29) is 18.0 Å². The van der Waals surface area contributed by atoms with Crippen LogP contribution in [-0.4, -0.2) is 43.7 Å². The summed E-state index contributed by atoms with van der Waals surface area (Å²) in [4.78, 5) is 18.3. The molecular formula is C28H25FN2O4S. The second-order valence-corrected chi connectivity index (χ2v) is 10.8. The van der Waals surface area contributed by atoms with Crippen LogP contribution in [0.5, 0.6) is 0 Å². The van der Waals surface area contributed by atoms with Crippen LogP contribution in [0.15, 0.2) is 82.7 Å². The third-order valence-corrected chi connectivity index (χ3v) is 8.40. The summed E-state index contributed by atoms with van der Waals surface area (Å²) in [5.74, 6) is -1.85. The first kappa shape index (κ1) is 23.9. The second kappa shape index (κ2) is 9.02. The highest BCUT2D eigenvalue weighted by molar-refractivity contribution is 7.89. The lowest BCUT2D eigenvalue weighted by atomic mass is 9.80. The summed E-state index contributed by atoms with van der Waals surface area (Å²) in [6.07, 6.45) is 3.04. The number of rotatable bonds is 5. The minimum atomic E-state index is -3.95. The van der Waals surface area contributed by atoms with Gasteiger partial charge in [-0.25, -0.2) is 17.6 Å². The van der Waals surface area contributed by atoms with Crippen LogP contribution in [0.4, 0.5) is 4.39 Å². The van der Waals surface area contributed by atoms with Gasteiger partial charge in [0.15, 0.2) is 5.54 Å². The zero-order valence-corrected chi connectivity index (χ0v) is 20.7. The van der Waals surface area contributed by atoms with Gasteiger partial charge in [-0.3, -0.25) is 9.30 Å². The number of halogens is 1. The molecule has 3 aromatic carbocycles. The maximum atomic E-state index is 14.5. The Balaban J connectivity index is 1.71. The Bertz CT molecular complexity index is 1480. The molecule has 2 aliphatic rings. The molecule has 0 amide bonds. The van der Waals surface area contributed by atoms with Gasteiger partial charge in [0.1, 0.15) is 12.2 Å². The van der Waals surface area contributed by atoms with E-state index in [1.54, 1.807) is 25.1 Å². The molecule has 2 atom stereocenters. The number of esters is 1. The van der Waals surface area contributed by atoms with Gasteiger partial charge < -0.3 is 4.74 Å². The van der Waals surface area contributed by atoms with Gasteiger partial charge >= 0.3 is 5.97 Å². The van der Waals surface area contributed by atoms with Crippen LogP contribution in [0.25, 0.3) is 11.6 Å². The summed E-state index contributed by atoms with van der Waals surface area (Å²) in [6, 6.07) is 20.2. The number of fused-ring (bicyclic) bond motifs is 3. The van der Waals surface area contributed by atoms with Crippen molar-refractivity contribution in [1.29, 1.82) is 0 Å². The zero-order chi connectivity index (χ0) is 25.5. The molecule has 0 saturated carbocycles. The Hall–Kier alpha value is -3.78. The number of ether oxygens (including phenoxy) is 1. The first-order chi connectivity index (χ1) is 17.3. The second-order valence-electron chi connectivity index (χ2n) is 8.87. The molecule has 0 fully saturated rings. The number of benzene rings is 3. The first-order valence-electron chi connectivity index (χ1n) is 11.7. The topological polar surface area (TPSA) is 76.0 Å². The van der Waals surface area contributed by atoms with Gasteiger partial charge in [-0.1, -0.05) is 54.1 Å². The standard InChI is InChI=1S/C28H25FN2O4S/c1-3-35-27(32)28-25(15-20-7-5-4-6-8-20)23-14-11-21(29)16-24(23)26(28)17-31(18-30-28)36(33,34)22-12-9-19(2)10-13-22/h4-16,18,26H,3,17H2,1-2H3/b25-15-. The van der Waals surface area contributed by atoms with Crippen molar-refractivity contribution in [3.63, 3.8) is 0 Å². The van der Waals surface area contributed by atoms with Crippen LogP contribution in [0.2, 0.25) is 0 Å². The molecule has 1 aliphatic heterocycles. The Morgan fingerprint density at radius 1 is 1.14 bits per heavy atom. The van der Waals surface area contributed by atoms with Crippen LogP contribution in [0, 0.1) is 12.7 Å². The summed E-state index contributed by atoms with van der Waals surface area (Å²) in [7, 11) is -3.95. The monoisotopic (exact) mass is 504 g/mol. The van der Waals surface area contributed by atoms with E-state index in [0.29, 0.717) is 16.7 Å². The molecule has 0 bridgehead atoms. The van der Waals surface area contributed by atoms with E-state index in [2.05, 4.69) is 4.99 Å². The van der Waals surface area contributed by atoms with E-state index < -0.39 is 33.3 Å². The van der Waals surface area contributed by atoms with Crippen LogP contribution in [0.1, 0.15) is 35.1 Å². The van der Waals surface area contributed by atoms with Crippen molar-refractivity contribution in [2.75, 3.05) is 13.2 Å². The lowest BCUT2D eigenvalue weighted by Crippen LogP contribution is -2.51. The highest BCUT2D eigenvalue weighted by Gasteiger charge is 2.59. The normalized spacial score (nSPS) is 21.8. The van der Waals surface area contributed by atoms with Crippen molar-refractivity contribution < 1.29 is 22.3 Å². The SMILES string of the molecule is CCOC(=O)C12N=CN(S(=O)(=O)c3ccc(C)cc3)CC1c1cc(F)ccc1/C2=C/c1ccccc1. The number of hydrogen-bond donors (Lipinski definition) is 0. The minimum absolute atomic E-state index is 0.0961. The van der Waals surface area contributed by atoms with Gasteiger partial charge in [0.2, 0.25) is 0 Å². The summed E-state index contributed by atoms with van der Waals surface area (Å²) in [5, 5.41) is 0. The fourth-order valence-electron chi connectivity index (χ4n) is 4.91. The Labute approximate surface area is 209 Å². The molecule has 1 aliphatic carbocycles. The van der Waals surface area contributed by atoms with Crippen molar-refractivity contribution in [1.82, 2.24) is 4.31 Å². The highest BCUT2D eigenvalue weighted by atomic mass is 32.2. The van der Waals surface area contributed by atoms with Crippen LogP contribution < -0.4 is 0 Å². The molecule has 0 saturated heterocycles. The van der Waals surface area contributed by atoms with Crippen molar-refractivity contribution in [2.24, 2.45) is 4.99 Å². The summed E-state index contributed by atoms with van der Waals surface area (Å²) in [5.41, 5.74) is 1.93. The van der Waals surface area contributed by atoms with Crippen LogP contribution in [0.3, 0.4) is 0 Å². The predicted molar refractivity (Wildman–Crippen MR) is 136 cm³/mol. The molecule has 5 rings (SSSR count). The van der Waals surface area contributed by atoms with Gasteiger partial charge in [0.25, 0.3) is 10.0 Å². The fourth-order valence-corrected chi connectivity index (χ4v) is 6.18. The number of nitrogens with zero attached hydrogens (tertiary/aromatic N) is 2. The molecule has 36 heavy (non-hydrogen) atoms. The van der Waals surface area contributed by atoms with Crippen molar-refractivity contribution in [3.05, 3.63) is 101 Å². The highest BCUT2D eigenvalue weighted by Crippen LogP contribution is 2.54. The van der Waals surface area contributed by atoms with Crippen molar-refractivity contribution >= 4 is 34.0 Å². The Morgan fingerprint density at radius 3 is 2.56 bits per heavy atom. The molecule has 0 aromatic heterocycles. The lowest BCUT2D eigenvalue weighted by molar-refractivity contribution is -0.147. The van der Waals surface area contributed by atoms with E-state index >= 15 is 0 Å². The molecule has 0 radical (unpaired) electrons. The average Bonchev–Trinajstić information content (AvgIpc) is 3.14. The molecule has 8 heteroatoms. The Kier molecular flexibility index (Phi) is 6.00. The molecular weight excluding hydrogens is 479 g/mol. The Morgan fingerprint density at radius 2 is 1.86 bits per heavy atom. The largest absolute Gasteiger partial charge is 0.464 e. The summed E-state index contributed by atoms with van der Waals surface area (Å²) < 4.78 is 48.0. The third-order valence-electron chi connectivity index (χ3n) is 6.67. The smallest absolute Gasteiger partial charge is 0.339 e. The molecule has 0 N–H and O–H groups in total. The van der Waals surface area contributed by atoms with E-state index in [4.69, 9.17) is 4.74 Å². The molecule has 6 nitrogen and oxygen atoms in total. The van der Waals surface area contributed by atoms with Gasteiger partial charge in [0.05, 0.1) is 11.5 Å². The maximum Gasteiger partial charge on any atom is 0.339 e. The van der Waals surface area contributed by atoms with Gasteiger partial charge in [0, 0.05) is 12.5 Å². The maximum absolute atomic E-state index is 14.5. The van der Waals surface area contributed by atoms with Gasteiger partial charge in [-0.05, 0) is 66.5 Å². The van der Waals surface area contributed by atoms with E-state index in [1.165, 1.54) is 30.6 Å². The quantitative estimate of drug-likeness (QED) is 0.468. The number of hydrogen-bond acceptors (Lipinski definition) is 5. The van der Waals surface area contributed by atoms with Crippen LogP contribution in [-0.2, 0) is 19.6 Å². The number of carbonyl (C=O) groups is 1. The van der Waals surface area contributed by atoms with Crippen molar-refractivity contribution in [3.8, 4) is 0 Å². The molecule has 3 aromatic rings. The number of sulfonamides is 1. The zero-order valence-electron chi connectivity index (χ0n) is 19.9. The number of aliphatic imine (C=N–C) groups is 1. The van der Waals surface area contributed by atoms with Gasteiger partial charge in [-0.15, -0.1) is 0 Å². The van der Waals surface area contributed by atoms with E-state index in [9.17, 15) is 17.6 Å². The molecule has 1 heterocycles. The molecule has 0 spiro atoms. The average molecular weight is 505 g/mol. The summed E-state index contributed by atoms with van der Waals surface area (Å²) >= 11 is 0. The van der Waals surface area contributed by atoms with E-state index in [1.807, 2.05) is 43.3 Å².